The van der Waals surface area contributed by atoms with Gasteiger partial charge in [0.1, 0.15) is 0 Å². The van der Waals surface area contributed by atoms with Crippen molar-refractivity contribution in [1.82, 2.24) is 0 Å². The van der Waals surface area contributed by atoms with Crippen LogP contribution in [0.1, 0.15) is 89.7 Å². The Morgan fingerprint density at radius 3 is 1.26 bits per heavy atom. The molecule has 6 unspecified atom stereocenters. The van der Waals surface area contributed by atoms with Crippen LogP contribution in [0, 0.1) is 70.0 Å². The molecular weight excluding hydrogens is 1480 g/mol. The number of fused-ring (bicyclic) bond motifs is 9. The number of rotatable bonds is 18. The van der Waals surface area contributed by atoms with Crippen molar-refractivity contribution in [2.24, 2.45) is 11.8 Å². The second-order valence-corrected chi connectivity index (χ2v) is 30.7. The van der Waals surface area contributed by atoms with Gasteiger partial charge in [0.25, 0.3) is 0 Å². The van der Waals surface area contributed by atoms with Gasteiger partial charge in [-0.3, -0.25) is 0 Å². The standard InChI is InChI=1S/C105H70F10N2/c1-3-63-33-37-65(38-34-63)61-103(91-93(106)97(110)101(114)98(111)94(91)107)85-31-19-17-29-79(85)81-53-49-75(57-87(81)103)116(73-45-41-69(42-46-73)67-21-9-5-10-22-67)77-51-55-83-84-56-52-78(60-90(84)105(89(83)59-77,71-25-13-7-14-26-71)72-27-15-8-16-28-72)117(74-47-43-70(44-48-74)68-23-11-6-12-24-68)76-50-54-82-80-30-18-20-32-86(80)104(88(82)58-76,62-66-39-35-64(4-2)36-40-66)92-95(108)99(112)102(115)100(113)96(92)109/h3-60,79,83,85,89H,1-2,61-62H2. The zero-order valence-corrected chi connectivity index (χ0v) is 62.8. The fourth-order valence-corrected chi connectivity index (χ4v) is 19.7. The summed E-state index contributed by atoms with van der Waals surface area (Å²) in [5.74, 6) is -22.7. The molecule has 0 amide bonds. The van der Waals surface area contributed by atoms with Crippen LogP contribution in [0.4, 0.5) is 72.3 Å². The lowest BCUT2D eigenvalue weighted by Crippen LogP contribution is -2.39. The Morgan fingerprint density at radius 1 is 0.316 bits per heavy atom. The molecule has 6 atom stereocenters. The molecule has 0 radical (unpaired) electrons. The Morgan fingerprint density at radius 2 is 0.718 bits per heavy atom. The van der Waals surface area contributed by atoms with Gasteiger partial charge in [0.15, 0.2) is 46.5 Å². The monoisotopic (exact) mass is 1550 g/mol. The summed E-state index contributed by atoms with van der Waals surface area (Å²) in [7, 11) is 0. The van der Waals surface area contributed by atoms with E-state index in [1.54, 1.807) is 78.9 Å². The van der Waals surface area contributed by atoms with Crippen LogP contribution in [0.5, 0.6) is 0 Å². The van der Waals surface area contributed by atoms with E-state index >= 15 is 43.9 Å². The maximum atomic E-state index is 17.5. The van der Waals surface area contributed by atoms with Crippen LogP contribution in [-0.2, 0) is 29.1 Å². The SMILES string of the molecule is C=Cc1ccc(CC2(c3c(F)c(F)c(F)c(F)c3F)c3ccccc3-c3ccc(N(c4ccc(-c5ccccc5)cc4)c4ccc5c(c4)C(c4ccccc4)(c4ccccc4)C4C=C(N(c6ccc(-c7ccccc7)cc6)c6ccc7c(c6)C(Cc6ccc(C=C)cc6)(c6c(F)c(F)c(F)c(F)c6F)C6C=CC=CC76)C=CC54)cc32)cc1. The van der Waals surface area contributed by atoms with Crippen molar-refractivity contribution in [3.05, 3.63) is 495 Å². The quantitative estimate of drug-likeness (QED) is 0.0480. The summed E-state index contributed by atoms with van der Waals surface area (Å²) in [6.07, 6.45) is 16.8. The van der Waals surface area contributed by atoms with Crippen molar-refractivity contribution >= 4 is 40.6 Å². The predicted molar refractivity (Wildman–Crippen MR) is 447 cm³/mol. The molecule has 19 rings (SSSR count). The highest BCUT2D eigenvalue weighted by Crippen LogP contribution is 2.65. The van der Waals surface area contributed by atoms with Crippen molar-refractivity contribution in [3.63, 3.8) is 0 Å². The number of anilines is 5. The summed E-state index contributed by atoms with van der Waals surface area (Å²) in [5, 5.41) is 0. The molecule has 5 aliphatic carbocycles. The van der Waals surface area contributed by atoms with Gasteiger partial charge < -0.3 is 9.80 Å². The van der Waals surface area contributed by atoms with E-state index in [9.17, 15) is 0 Å². The molecule has 0 bridgehead atoms. The van der Waals surface area contributed by atoms with Crippen molar-refractivity contribution in [3.8, 4) is 33.4 Å². The third kappa shape index (κ3) is 11.6. The molecule has 0 aliphatic heterocycles. The van der Waals surface area contributed by atoms with E-state index in [0.29, 0.717) is 78.6 Å². The third-order valence-electron chi connectivity index (χ3n) is 24.9. The van der Waals surface area contributed by atoms with Gasteiger partial charge in [-0.1, -0.05) is 298 Å². The average molecular weight is 1550 g/mol. The minimum Gasteiger partial charge on any atom is -0.311 e. The minimum atomic E-state index is -2.27. The van der Waals surface area contributed by atoms with Crippen molar-refractivity contribution in [1.29, 1.82) is 0 Å². The van der Waals surface area contributed by atoms with E-state index in [1.165, 1.54) is 0 Å². The van der Waals surface area contributed by atoms with Crippen LogP contribution in [0.2, 0.25) is 0 Å². The number of hydrogen-bond donors (Lipinski definition) is 0. The molecule has 0 saturated carbocycles. The van der Waals surface area contributed by atoms with Gasteiger partial charge in [-0.05, 0) is 180 Å². The lowest BCUT2D eigenvalue weighted by molar-refractivity contribution is 0.316. The topological polar surface area (TPSA) is 6.48 Å². The maximum absolute atomic E-state index is 17.5. The molecule has 14 aromatic rings. The van der Waals surface area contributed by atoms with E-state index in [2.05, 4.69) is 83.7 Å². The Balaban J connectivity index is 0.835. The first kappa shape index (κ1) is 73.6. The Kier molecular flexibility index (Phi) is 18.3. The first-order chi connectivity index (χ1) is 57.0. The second kappa shape index (κ2) is 29.1. The van der Waals surface area contributed by atoms with Gasteiger partial charge in [-0.2, -0.15) is 0 Å². The van der Waals surface area contributed by atoms with Gasteiger partial charge in [0, 0.05) is 74.3 Å². The molecule has 0 heterocycles. The molecule has 0 fully saturated rings. The molecule has 117 heavy (non-hydrogen) atoms. The molecule has 570 valence electrons. The zero-order chi connectivity index (χ0) is 80.2. The molecule has 0 spiro atoms. The highest BCUT2D eigenvalue weighted by atomic mass is 19.2. The molecule has 0 aromatic heterocycles. The van der Waals surface area contributed by atoms with E-state index in [1.807, 2.05) is 212 Å². The summed E-state index contributed by atoms with van der Waals surface area (Å²) >= 11 is 0. The lowest BCUT2D eigenvalue weighted by atomic mass is 9.63. The van der Waals surface area contributed by atoms with Crippen molar-refractivity contribution in [2.45, 2.75) is 40.9 Å². The number of allylic oxidation sites excluding steroid dienone is 7. The second-order valence-electron chi connectivity index (χ2n) is 30.7. The lowest BCUT2D eigenvalue weighted by Gasteiger charge is -2.41. The van der Waals surface area contributed by atoms with Crippen LogP contribution in [0.15, 0.2) is 359 Å². The molecule has 0 saturated heterocycles. The average Bonchev–Trinajstić information content (AvgIpc) is 1.55. The summed E-state index contributed by atoms with van der Waals surface area (Å²) in [6.45, 7) is 7.86. The van der Waals surface area contributed by atoms with E-state index < -0.39 is 103 Å². The molecule has 12 heteroatoms. The van der Waals surface area contributed by atoms with E-state index in [-0.39, 0.29) is 18.8 Å². The van der Waals surface area contributed by atoms with Crippen LogP contribution < -0.4 is 9.80 Å². The van der Waals surface area contributed by atoms with Crippen molar-refractivity contribution < 1.29 is 43.9 Å². The molecule has 14 aromatic carbocycles. The van der Waals surface area contributed by atoms with Crippen molar-refractivity contribution in [2.75, 3.05) is 9.80 Å². The maximum Gasteiger partial charge on any atom is 0.200 e. The number of benzene rings is 14. The first-order valence-corrected chi connectivity index (χ1v) is 38.8. The van der Waals surface area contributed by atoms with Gasteiger partial charge in [-0.15, -0.1) is 0 Å². The van der Waals surface area contributed by atoms with Gasteiger partial charge in [0.2, 0.25) is 11.6 Å². The summed E-state index contributed by atoms with van der Waals surface area (Å²) in [4.78, 5) is 4.17. The van der Waals surface area contributed by atoms with Crippen LogP contribution >= 0.6 is 0 Å². The van der Waals surface area contributed by atoms with E-state index in [0.717, 1.165) is 55.6 Å². The number of nitrogens with zero attached hydrogens (tertiary/aromatic N) is 2. The fraction of sp³-hybridized carbons (Fsp3) is 0.0857. The number of hydrogen-bond acceptors (Lipinski definition) is 2. The summed E-state index contributed by atoms with van der Waals surface area (Å²) in [6, 6.07) is 95.7. The van der Waals surface area contributed by atoms with Gasteiger partial charge >= 0.3 is 0 Å². The predicted octanol–water partition coefficient (Wildman–Crippen LogP) is 27.4. The minimum absolute atomic E-state index is 0.171. The summed E-state index contributed by atoms with van der Waals surface area (Å²) in [5.41, 5.74) is 9.74. The smallest absolute Gasteiger partial charge is 0.200 e. The van der Waals surface area contributed by atoms with Gasteiger partial charge in [-0.25, -0.2) is 43.9 Å². The van der Waals surface area contributed by atoms with Crippen LogP contribution in [-0.4, -0.2) is 0 Å². The molecule has 2 nitrogen and oxygen atoms in total. The first-order valence-electron chi connectivity index (χ1n) is 38.8. The highest BCUT2D eigenvalue weighted by Gasteiger charge is 2.58. The Hall–Kier alpha value is -13.6. The van der Waals surface area contributed by atoms with Crippen LogP contribution in [0.25, 0.3) is 45.5 Å². The van der Waals surface area contributed by atoms with Gasteiger partial charge in [0.05, 0.1) is 10.8 Å². The Labute approximate surface area is 671 Å². The largest absolute Gasteiger partial charge is 0.311 e. The normalized spacial score (nSPS) is 18.7. The van der Waals surface area contributed by atoms with Crippen LogP contribution in [0.3, 0.4) is 0 Å². The molecule has 5 aliphatic rings. The Bertz CT molecular complexity index is 6340. The summed E-state index contributed by atoms with van der Waals surface area (Å²) < 4.78 is 166. The van der Waals surface area contributed by atoms with E-state index in [4.69, 9.17) is 0 Å². The third-order valence-corrected chi connectivity index (χ3v) is 24.9. The zero-order valence-electron chi connectivity index (χ0n) is 62.8. The fourth-order valence-electron chi connectivity index (χ4n) is 19.7. The number of halogens is 10. The molecular formula is C105H70F10N2. The molecule has 0 N–H and O–H groups in total. The highest BCUT2D eigenvalue weighted by molar-refractivity contribution is 5.89.